The number of benzene rings is 1. The Morgan fingerprint density at radius 3 is 2.36 bits per heavy atom. The van der Waals surface area contributed by atoms with Crippen molar-refractivity contribution in [3.8, 4) is 0 Å². The summed E-state index contributed by atoms with van der Waals surface area (Å²) < 4.78 is 0. The first-order chi connectivity index (χ1) is 10.5. The molecule has 0 aliphatic carbocycles. The lowest BCUT2D eigenvalue weighted by Gasteiger charge is -2.06. The number of aromatic nitrogens is 1. The number of pyridine rings is 1. The predicted octanol–water partition coefficient (Wildman–Crippen LogP) is 0.867. The molecule has 0 atom stereocenters. The number of carbonyl (C=O) groups is 3. The van der Waals surface area contributed by atoms with Crippen LogP contribution in [0.1, 0.15) is 15.9 Å². The molecule has 112 valence electrons. The van der Waals surface area contributed by atoms with E-state index in [0.29, 0.717) is 5.69 Å². The Balaban J connectivity index is 1.98. The van der Waals surface area contributed by atoms with E-state index in [4.69, 9.17) is 5.73 Å². The lowest BCUT2D eigenvalue weighted by atomic mass is 10.2. The number of hydrogen-bond donors (Lipinski definition) is 3. The highest BCUT2D eigenvalue weighted by Crippen LogP contribution is 2.06. The van der Waals surface area contributed by atoms with E-state index < -0.39 is 17.7 Å². The normalized spacial score (nSPS) is 9.86. The first-order valence-electron chi connectivity index (χ1n) is 6.40. The fraction of sp³-hybridized carbons (Fsp3) is 0.0667. The third-order valence-corrected chi connectivity index (χ3v) is 2.76. The molecule has 0 aliphatic heterocycles. The fourth-order valence-electron chi connectivity index (χ4n) is 1.64. The van der Waals surface area contributed by atoms with Crippen molar-refractivity contribution < 1.29 is 14.4 Å². The van der Waals surface area contributed by atoms with Crippen LogP contribution >= 0.6 is 0 Å². The Labute approximate surface area is 126 Å². The molecule has 4 N–H and O–H groups in total. The van der Waals surface area contributed by atoms with Crippen molar-refractivity contribution in [2.24, 2.45) is 0 Å². The van der Waals surface area contributed by atoms with Crippen LogP contribution in [0.15, 0.2) is 42.6 Å². The van der Waals surface area contributed by atoms with E-state index >= 15 is 0 Å². The predicted molar refractivity (Wildman–Crippen MR) is 80.9 cm³/mol. The molecule has 3 amide bonds. The van der Waals surface area contributed by atoms with Crippen molar-refractivity contribution >= 4 is 29.2 Å². The van der Waals surface area contributed by atoms with Gasteiger partial charge in [0.05, 0.1) is 0 Å². The van der Waals surface area contributed by atoms with Gasteiger partial charge in [0.2, 0.25) is 0 Å². The zero-order valence-corrected chi connectivity index (χ0v) is 11.8. The number of nitrogen functional groups attached to an aromatic ring is 1. The molecule has 0 radical (unpaired) electrons. The lowest BCUT2D eigenvalue weighted by molar-refractivity contribution is -0.135. The van der Waals surface area contributed by atoms with Crippen LogP contribution in [0, 0.1) is 6.92 Å². The second-order valence-corrected chi connectivity index (χ2v) is 4.58. The van der Waals surface area contributed by atoms with Crippen LogP contribution in [-0.4, -0.2) is 22.7 Å². The highest BCUT2D eigenvalue weighted by Gasteiger charge is 2.18. The average molecular weight is 298 g/mol. The summed E-state index contributed by atoms with van der Waals surface area (Å²) in [6.45, 7) is 1.82. The Morgan fingerprint density at radius 2 is 1.73 bits per heavy atom. The number of nitrogens with one attached hydrogen (secondary N) is 2. The quantitative estimate of drug-likeness (QED) is 0.562. The number of anilines is 2. The zero-order valence-electron chi connectivity index (χ0n) is 11.8. The Morgan fingerprint density at radius 1 is 1.05 bits per heavy atom. The van der Waals surface area contributed by atoms with Crippen molar-refractivity contribution in [1.29, 1.82) is 0 Å². The van der Waals surface area contributed by atoms with Crippen LogP contribution in [0.3, 0.4) is 0 Å². The van der Waals surface area contributed by atoms with Crippen LogP contribution in [0.4, 0.5) is 11.5 Å². The molecule has 2 rings (SSSR count). The molecule has 0 saturated carbocycles. The van der Waals surface area contributed by atoms with Gasteiger partial charge in [-0.2, -0.15) is 0 Å². The number of nitrogens with zero attached hydrogens (tertiary/aromatic N) is 1. The van der Waals surface area contributed by atoms with Gasteiger partial charge in [0.1, 0.15) is 5.82 Å². The van der Waals surface area contributed by atoms with Gasteiger partial charge in [-0.05, 0) is 48.9 Å². The summed E-state index contributed by atoms with van der Waals surface area (Å²) in [5, 5.41) is 4.31. The van der Waals surface area contributed by atoms with Gasteiger partial charge < -0.3 is 11.1 Å². The molecule has 0 bridgehead atoms. The molecule has 7 heteroatoms. The molecule has 2 aromatic rings. The molecule has 22 heavy (non-hydrogen) atoms. The highest BCUT2D eigenvalue weighted by molar-refractivity contribution is 6.42. The molecule has 7 nitrogen and oxygen atoms in total. The number of carbonyl (C=O) groups excluding carboxylic acids is 3. The van der Waals surface area contributed by atoms with Gasteiger partial charge in [-0.3, -0.25) is 19.7 Å². The summed E-state index contributed by atoms with van der Waals surface area (Å²) in [6, 6.07) is 9.31. The minimum absolute atomic E-state index is 0.226. The largest absolute Gasteiger partial charge is 0.399 e. The maximum absolute atomic E-state index is 11.8. The number of imide groups is 1. The van der Waals surface area contributed by atoms with Crippen LogP contribution in [-0.2, 0) is 9.59 Å². The summed E-state index contributed by atoms with van der Waals surface area (Å²) >= 11 is 0. The first-order valence-corrected chi connectivity index (χ1v) is 6.40. The second kappa shape index (κ2) is 6.49. The summed E-state index contributed by atoms with van der Waals surface area (Å²) in [5.41, 5.74) is 7.10. The minimum Gasteiger partial charge on any atom is -0.399 e. The Bertz CT molecular complexity index is 726. The number of hydrogen-bond acceptors (Lipinski definition) is 5. The number of amides is 3. The summed E-state index contributed by atoms with van der Waals surface area (Å²) in [4.78, 5) is 39.1. The van der Waals surface area contributed by atoms with Crippen LogP contribution in [0.25, 0.3) is 0 Å². The third kappa shape index (κ3) is 3.89. The molecular weight excluding hydrogens is 284 g/mol. The van der Waals surface area contributed by atoms with Crippen LogP contribution in [0.2, 0.25) is 0 Å². The third-order valence-electron chi connectivity index (χ3n) is 2.76. The molecule has 0 fully saturated rings. The van der Waals surface area contributed by atoms with E-state index in [1.54, 1.807) is 12.1 Å². The SMILES string of the molecule is Cc1ccnc(NC(=O)C(=O)NC(=O)c2ccc(N)cc2)c1. The minimum atomic E-state index is -1.06. The van der Waals surface area contributed by atoms with Gasteiger partial charge in [0.25, 0.3) is 5.91 Å². The average Bonchev–Trinajstić information content (AvgIpc) is 2.47. The van der Waals surface area contributed by atoms with Gasteiger partial charge in [-0.25, -0.2) is 4.98 Å². The topological polar surface area (TPSA) is 114 Å². The second-order valence-electron chi connectivity index (χ2n) is 4.58. The van der Waals surface area contributed by atoms with Crippen molar-refractivity contribution in [3.05, 3.63) is 53.7 Å². The van der Waals surface area contributed by atoms with E-state index in [1.807, 2.05) is 12.2 Å². The van der Waals surface area contributed by atoms with Gasteiger partial charge in [-0.15, -0.1) is 0 Å². The van der Waals surface area contributed by atoms with Gasteiger partial charge in [0.15, 0.2) is 0 Å². The number of nitrogens with two attached hydrogens (primary N) is 1. The molecule has 0 spiro atoms. The zero-order chi connectivity index (χ0) is 16.1. The standard InChI is InChI=1S/C15H14N4O3/c1-9-6-7-17-12(8-9)18-14(21)15(22)19-13(20)10-2-4-11(16)5-3-10/h2-8H,16H2,1H3,(H,17,18,21)(H,19,20,22). The summed E-state index contributed by atoms with van der Waals surface area (Å²) in [5.74, 6) is -2.48. The molecule has 1 aromatic carbocycles. The smallest absolute Gasteiger partial charge is 0.316 e. The van der Waals surface area contributed by atoms with E-state index in [9.17, 15) is 14.4 Å². The van der Waals surface area contributed by atoms with Crippen molar-refractivity contribution in [2.45, 2.75) is 6.92 Å². The molecule has 0 saturated heterocycles. The molecule has 1 aromatic heterocycles. The van der Waals surface area contributed by atoms with Gasteiger partial charge >= 0.3 is 11.8 Å². The van der Waals surface area contributed by atoms with E-state index in [0.717, 1.165) is 5.56 Å². The Kier molecular flexibility index (Phi) is 4.47. The number of rotatable bonds is 2. The molecule has 0 aliphatic rings. The molecular formula is C15H14N4O3. The van der Waals surface area contributed by atoms with Gasteiger partial charge in [0, 0.05) is 17.4 Å². The number of aryl methyl sites for hydroxylation is 1. The highest BCUT2D eigenvalue weighted by atomic mass is 16.2. The summed E-state index contributed by atoms with van der Waals surface area (Å²) in [7, 11) is 0. The van der Waals surface area contributed by atoms with Crippen LogP contribution < -0.4 is 16.4 Å². The maximum Gasteiger partial charge on any atom is 0.316 e. The first kappa shape index (κ1) is 15.2. The van der Waals surface area contributed by atoms with Crippen molar-refractivity contribution in [2.75, 3.05) is 11.1 Å². The molecule has 1 heterocycles. The monoisotopic (exact) mass is 298 g/mol. The van der Waals surface area contributed by atoms with Crippen molar-refractivity contribution in [3.63, 3.8) is 0 Å². The van der Waals surface area contributed by atoms with E-state index in [1.165, 1.54) is 30.5 Å². The van der Waals surface area contributed by atoms with E-state index in [-0.39, 0.29) is 11.4 Å². The van der Waals surface area contributed by atoms with Gasteiger partial charge in [-0.1, -0.05) is 0 Å². The van der Waals surface area contributed by atoms with E-state index in [2.05, 4.69) is 10.3 Å². The summed E-state index contributed by atoms with van der Waals surface area (Å²) in [6.07, 6.45) is 1.50. The lowest BCUT2D eigenvalue weighted by Crippen LogP contribution is -2.39. The van der Waals surface area contributed by atoms with Crippen LogP contribution in [0.5, 0.6) is 0 Å². The van der Waals surface area contributed by atoms with Crippen molar-refractivity contribution in [1.82, 2.24) is 10.3 Å². The maximum atomic E-state index is 11.8. The Hall–Kier alpha value is -3.22. The fourth-order valence-corrected chi connectivity index (χ4v) is 1.64. The molecule has 0 unspecified atom stereocenters.